The van der Waals surface area contributed by atoms with Crippen LogP contribution in [0.25, 0.3) is 0 Å². The van der Waals surface area contributed by atoms with Gasteiger partial charge in [0.15, 0.2) is 28.9 Å². The number of carbonyl (C=O) groups is 1. The van der Waals surface area contributed by atoms with Crippen LogP contribution in [0.2, 0.25) is 0 Å². The van der Waals surface area contributed by atoms with Crippen LogP contribution in [0.5, 0.6) is 11.5 Å². The molecule has 0 aliphatic carbocycles. The van der Waals surface area contributed by atoms with Gasteiger partial charge in [0.2, 0.25) is 0 Å². The molecule has 2 aromatic carbocycles. The molecule has 4 aliphatic heterocycles. The maximum absolute atomic E-state index is 13.7. The van der Waals surface area contributed by atoms with E-state index in [0.29, 0.717) is 76.1 Å². The zero-order valence-electron chi connectivity index (χ0n) is 18.9. The molecule has 2 fully saturated rings. The summed E-state index contributed by atoms with van der Waals surface area (Å²) in [4.78, 5) is 12.0. The van der Waals surface area contributed by atoms with Crippen molar-refractivity contribution in [3.63, 3.8) is 0 Å². The molecule has 8 heteroatoms. The summed E-state index contributed by atoms with van der Waals surface area (Å²) < 4.78 is 49.6. The molecule has 0 saturated carbocycles. The molecule has 0 aromatic heterocycles. The lowest BCUT2D eigenvalue weighted by molar-refractivity contribution is -0.0858. The van der Waals surface area contributed by atoms with Gasteiger partial charge in [-0.25, -0.2) is 8.78 Å². The summed E-state index contributed by atoms with van der Waals surface area (Å²) in [6, 6.07) is 9.16. The van der Waals surface area contributed by atoms with Crippen molar-refractivity contribution in [2.24, 2.45) is 0 Å². The second-order valence-electron chi connectivity index (χ2n) is 9.39. The van der Waals surface area contributed by atoms with Gasteiger partial charge in [-0.1, -0.05) is 18.2 Å². The molecule has 6 rings (SSSR count). The fourth-order valence-corrected chi connectivity index (χ4v) is 5.16. The Morgan fingerprint density at radius 2 is 1.35 bits per heavy atom. The predicted octanol–water partition coefficient (Wildman–Crippen LogP) is 4.53. The third kappa shape index (κ3) is 4.42. The fraction of sp³-hybridized carbons (Fsp3) is 0.500. The van der Waals surface area contributed by atoms with Gasteiger partial charge >= 0.3 is 0 Å². The smallest absolute Gasteiger partial charge is 0.170 e. The van der Waals surface area contributed by atoms with Gasteiger partial charge in [0, 0.05) is 37.7 Å². The van der Waals surface area contributed by atoms with Gasteiger partial charge in [-0.15, -0.1) is 0 Å². The molecule has 0 bridgehead atoms. The van der Waals surface area contributed by atoms with E-state index in [-0.39, 0.29) is 17.3 Å². The molecule has 4 heterocycles. The molecule has 0 radical (unpaired) electrons. The number of aliphatic hydroxyl groups is 1. The van der Waals surface area contributed by atoms with E-state index in [2.05, 4.69) is 0 Å². The van der Waals surface area contributed by atoms with Gasteiger partial charge in [0.1, 0.15) is 11.2 Å². The maximum atomic E-state index is 13.7. The Bertz CT molecular complexity index is 1060. The van der Waals surface area contributed by atoms with Crippen molar-refractivity contribution in [2.75, 3.05) is 26.4 Å². The summed E-state index contributed by atoms with van der Waals surface area (Å²) in [5.41, 5.74) is -0.0820. The minimum Gasteiger partial charge on any atom is -0.484 e. The quantitative estimate of drug-likeness (QED) is 0.605. The lowest BCUT2D eigenvalue weighted by atomic mass is 9.83. The number of halogens is 2. The van der Waals surface area contributed by atoms with E-state index in [1.807, 2.05) is 0 Å². The Morgan fingerprint density at radius 1 is 0.794 bits per heavy atom. The molecule has 182 valence electrons. The molecule has 0 amide bonds. The highest BCUT2D eigenvalue weighted by Gasteiger charge is 2.43. The summed E-state index contributed by atoms with van der Waals surface area (Å²) in [5.74, 6) is -0.556. The SMILES string of the molecule is O=C1CC2(CCOCC2)Oc2c(F)cccc21.OC1CC2(CCOCC2)Oc2c(F)cccc21. The van der Waals surface area contributed by atoms with Crippen molar-refractivity contribution >= 4 is 5.78 Å². The normalized spacial score (nSPS) is 24.2. The minimum absolute atomic E-state index is 0.0346. The van der Waals surface area contributed by atoms with E-state index >= 15 is 0 Å². The van der Waals surface area contributed by atoms with E-state index in [1.165, 1.54) is 18.2 Å². The number of hydrogen-bond donors (Lipinski definition) is 1. The van der Waals surface area contributed by atoms with Crippen molar-refractivity contribution in [3.8, 4) is 11.5 Å². The highest BCUT2D eigenvalue weighted by atomic mass is 19.1. The van der Waals surface area contributed by atoms with Crippen LogP contribution < -0.4 is 9.47 Å². The van der Waals surface area contributed by atoms with Gasteiger partial charge < -0.3 is 24.1 Å². The van der Waals surface area contributed by atoms with E-state index in [4.69, 9.17) is 18.9 Å². The van der Waals surface area contributed by atoms with Crippen molar-refractivity contribution in [1.82, 2.24) is 0 Å². The average molecular weight is 475 g/mol. The summed E-state index contributed by atoms with van der Waals surface area (Å²) in [7, 11) is 0. The van der Waals surface area contributed by atoms with Crippen LogP contribution >= 0.6 is 0 Å². The molecule has 34 heavy (non-hydrogen) atoms. The third-order valence-corrected chi connectivity index (χ3v) is 7.12. The van der Waals surface area contributed by atoms with Crippen molar-refractivity contribution in [1.29, 1.82) is 0 Å². The highest BCUT2D eigenvalue weighted by Crippen LogP contribution is 2.45. The van der Waals surface area contributed by atoms with Gasteiger partial charge in [0.05, 0.1) is 44.5 Å². The molecule has 1 N–H and O–H groups in total. The number of para-hydroxylation sites is 2. The van der Waals surface area contributed by atoms with E-state index in [9.17, 15) is 18.7 Å². The molecule has 1 unspecified atom stereocenters. The van der Waals surface area contributed by atoms with E-state index in [1.54, 1.807) is 18.2 Å². The second-order valence-corrected chi connectivity index (χ2v) is 9.39. The van der Waals surface area contributed by atoms with Gasteiger partial charge in [0.25, 0.3) is 0 Å². The first-order valence-corrected chi connectivity index (χ1v) is 11.7. The largest absolute Gasteiger partial charge is 0.484 e. The highest BCUT2D eigenvalue weighted by molar-refractivity contribution is 6.00. The first-order chi connectivity index (χ1) is 16.4. The number of rotatable bonds is 0. The number of benzene rings is 2. The van der Waals surface area contributed by atoms with Crippen LogP contribution in [0.4, 0.5) is 8.78 Å². The second kappa shape index (κ2) is 9.24. The molecular formula is C26H28F2O6. The number of hydrogen-bond acceptors (Lipinski definition) is 6. The molecule has 1 atom stereocenters. The van der Waals surface area contributed by atoms with E-state index in [0.717, 1.165) is 0 Å². The summed E-state index contributed by atoms with van der Waals surface area (Å²) in [5, 5.41) is 10.1. The number of fused-ring (bicyclic) bond motifs is 2. The topological polar surface area (TPSA) is 74.2 Å². The van der Waals surface area contributed by atoms with Crippen LogP contribution in [-0.2, 0) is 9.47 Å². The van der Waals surface area contributed by atoms with Crippen LogP contribution in [-0.4, -0.2) is 48.5 Å². The minimum atomic E-state index is -0.646. The van der Waals surface area contributed by atoms with E-state index < -0.39 is 28.9 Å². The lowest BCUT2D eigenvalue weighted by Gasteiger charge is -2.43. The number of aliphatic hydroxyl groups excluding tert-OH is 1. The Morgan fingerprint density at radius 3 is 2.03 bits per heavy atom. The molecule has 6 nitrogen and oxygen atoms in total. The number of Topliss-reactive ketones (excluding diaryl/α,β-unsaturated/α-hetero) is 1. The predicted molar refractivity (Wildman–Crippen MR) is 118 cm³/mol. The van der Waals surface area contributed by atoms with Gasteiger partial charge in [-0.2, -0.15) is 0 Å². The Labute approximate surface area is 196 Å². The number of ether oxygens (including phenoxy) is 4. The Kier molecular flexibility index (Phi) is 6.31. The first-order valence-electron chi connectivity index (χ1n) is 11.7. The standard InChI is InChI=1S/C13H15FO3.C13H13FO3/c2*14-10-3-1-2-9-11(15)8-13(17-12(9)10)4-6-16-7-5-13/h1-3,11,15H,4-8H2;1-3H,4-8H2. The lowest BCUT2D eigenvalue weighted by Crippen LogP contribution is -2.46. The fourth-order valence-electron chi connectivity index (χ4n) is 5.16. The maximum Gasteiger partial charge on any atom is 0.170 e. The third-order valence-electron chi connectivity index (χ3n) is 7.12. The zero-order chi connectivity index (χ0) is 23.8. The molecule has 2 aromatic rings. The molecule has 4 aliphatic rings. The summed E-state index contributed by atoms with van der Waals surface area (Å²) in [6.07, 6.45) is 2.90. The van der Waals surface area contributed by atoms with Crippen molar-refractivity contribution in [2.45, 2.75) is 55.8 Å². The molecular weight excluding hydrogens is 446 g/mol. The zero-order valence-corrected chi connectivity index (χ0v) is 18.9. The van der Waals surface area contributed by atoms with Crippen molar-refractivity contribution < 1.29 is 37.6 Å². The summed E-state index contributed by atoms with van der Waals surface area (Å²) >= 11 is 0. The van der Waals surface area contributed by atoms with Crippen molar-refractivity contribution in [3.05, 3.63) is 59.2 Å². The van der Waals surface area contributed by atoms with Crippen LogP contribution in [0, 0.1) is 11.6 Å². The Balaban J connectivity index is 0.000000142. The van der Waals surface area contributed by atoms with Gasteiger partial charge in [-0.05, 0) is 18.2 Å². The first kappa shape index (κ1) is 23.2. The van der Waals surface area contributed by atoms with Crippen LogP contribution in [0.3, 0.4) is 0 Å². The summed E-state index contributed by atoms with van der Waals surface area (Å²) in [6.45, 7) is 2.35. The number of ketones is 1. The number of carbonyl (C=O) groups excluding carboxylic acids is 1. The molecule has 2 spiro atoms. The Hall–Kier alpha value is -2.55. The van der Waals surface area contributed by atoms with Crippen LogP contribution in [0.15, 0.2) is 36.4 Å². The monoisotopic (exact) mass is 474 g/mol. The van der Waals surface area contributed by atoms with Crippen LogP contribution in [0.1, 0.15) is 60.6 Å². The average Bonchev–Trinajstić information content (AvgIpc) is 2.82. The van der Waals surface area contributed by atoms with Gasteiger partial charge in [-0.3, -0.25) is 4.79 Å². The molecule has 2 saturated heterocycles.